The number of hydrogen-bond acceptors (Lipinski definition) is 1. The minimum absolute atomic E-state index is 0.331. The summed E-state index contributed by atoms with van der Waals surface area (Å²) in [6, 6.07) is 0.331. The fourth-order valence-corrected chi connectivity index (χ4v) is 1.95. The molecule has 2 N–H and O–H groups in total. The molecule has 0 heterocycles. The monoisotopic (exact) mass is 165 g/mol. The summed E-state index contributed by atoms with van der Waals surface area (Å²) in [5.41, 5.74) is 6.03. The molecule has 1 saturated carbocycles. The normalized spacial score (nSPS) is 21.2. The molecule has 0 radical (unpaired) electrons. The molecule has 0 aliphatic heterocycles. The smallest absolute Gasteiger partial charge is 0.0243 e. The van der Waals surface area contributed by atoms with Crippen LogP contribution in [0.5, 0.6) is 0 Å². The largest absolute Gasteiger partial charge is 0.327 e. The lowest BCUT2D eigenvalue weighted by Gasteiger charge is -2.26. The molecule has 0 amide bonds. The van der Waals surface area contributed by atoms with Crippen molar-refractivity contribution in [2.24, 2.45) is 11.7 Å². The first-order valence-corrected chi connectivity index (χ1v) is 4.99. The lowest BCUT2D eigenvalue weighted by molar-refractivity contribution is 0.307. The molecular weight excluding hydrogens is 146 g/mol. The van der Waals surface area contributed by atoms with Gasteiger partial charge < -0.3 is 5.73 Å². The zero-order chi connectivity index (χ0) is 8.81. The van der Waals surface area contributed by atoms with Crippen LogP contribution in [0.25, 0.3) is 0 Å². The SMILES string of the molecule is CC#CCC(N)C1CCCCC1. The number of hydrogen-bond donors (Lipinski definition) is 1. The molecule has 1 rings (SSSR count). The second kappa shape index (κ2) is 5.22. The fraction of sp³-hybridized carbons (Fsp3) is 0.818. The topological polar surface area (TPSA) is 26.0 Å². The Labute approximate surface area is 75.7 Å². The van der Waals surface area contributed by atoms with Crippen LogP contribution in [-0.4, -0.2) is 6.04 Å². The maximum absolute atomic E-state index is 6.03. The molecule has 0 bridgehead atoms. The summed E-state index contributed by atoms with van der Waals surface area (Å²) in [7, 11) is 0. The molecule has 1 unspecified atom stereocenters. The predicted molar refractivity (Wildman–Crippen MR) is 52.6 cm³/mol. The molecule has 0 aromatic rings. The summed E-state index contributed by atoms with van der Waals surface area (Å²) < 4.78 is 0. The summed E-state index contributed by atoms with van der Waals surface area (Å²) in [4.78, 5) is 0. The summed E-state index contributed by atoms with van der Waals surface area (Å²) >= 11 is 0. The van der Waals surface area contributed by atoms with E-state index in [1.165, 1.54) is 32.1 Å². The fourth-order valence-electron chi connectivity index (χ4n) is 1.95. The van der Waals surface area contributed by atoms with E-state index in [2.05, 4.69) is 11.8 Å². The average molecular weight is 165 g/mol. The van der Waals surface area contributed by atoms with Crippen LogP contribution in [0.15, 0.2) is 0 Å². The van der Waals surface area contributed by atoms with Gasteiger partial charge in [-0.3, -0.25) is 0 Å². The Morgan fingerprint density at radius 3 is 2.58 bits per heavy atom. The van der Waals surface area contributed by atoms with E-state index >= 15 is 0 Å². The van der Waals surface area contributed by atoms with Gasteiger partial charge in [-0.25, -0.2) is 0 Å². The zero-order valence-electron chi connectivity index (χ0n) is 7.97. The Morgan fingerprint density at radius 2 is 2.00 bits per heavy atom. The lowest BCUT2D eigenvalue weighted by Crippen LogP contribution is -2.31. The summed E-state index contributed by atoms with van der Waals surface area (Å²) in [6.07, 6.45) is 7.69. The molecular formula is C11H19N. The summed E-state index contributed by atoms with van der Waals surface area (Å²) in [5.74, 6) is 6.73. The molecule has 1 fully saturated rings. The quantitative estimate of drug-likeness (QED) is 0.624. The van der Waals surface area contributed by atoms with Crippen LogP contribution >= 0.6 is 0 Å². The molecule has 1 atom stereocenters. The molecule has 1 nitrogen and oxygen atoms in total. The zero-order valence-corrected chi connectivity index (χ0v) is 7.97. The number of rotatable bonds is 2. The minimum Gasteiger partial charge on any atom is -0.327 e. The van der Waals surface area contributed by atoms with E-state index in [9.17, 15) is 0 Å². The van der Waals surface area contributed by atoms with E-state index in [4.69, 9.17) is 5.73 Å². The van der Waals surface area contributed by atoms with Crippen molar-refractivity contribution in [3.63, 3.8) is 0 Å². The molecule has 12 heavy (non-hydrogen) atoms. The predicted octanol–water partition coefficient (Wildman–Crippen LogP) is 2.31. The lowest BCUT2D eigenvalue weighted by atomic mass is 9.83. The second-order valence-electron chi connectivity index (χ2n) is 3.69. The van der Waals surface area contributed by atoms with Crippen LogP contribution in [0.4, 0.5) is 0 Å². The molecule has 0 aromatic carbocycles. The van der Waals surface area contributed by atoms with Gasteiger partial charge in [-0.15, -0.1) is 11.8 Å². The van der Waals surface area contributed by atoms with Crippen molar-refractivity contribution in [1.29, 1.82) is 0 Å². The third-order valence-corrected chi connectivity index (χ3v) is 2.77. The minimum atomic E-state index is 0.331. The van der Waals surface area contributed by atoms with E-state index in [0.29, 0.717) is 6.04 Å². The first-order chi connectivity index (χ1) is 5.84. The second-order valence-corrected chi connectivity index (χ2v) is 3.69. The Morgan fingerprint density at radius 1 is 1.33 bits per heavy atom. The van der Waals surface area contributed by atoms with Gasteiger partial charge in [0.2, 0.25) is 0 Å². The van der Waals surface area contributed by atoms with Crippen molar-refractivity contribution in [2.45, 2.75) is 51.5 Å². The van der Waals surface area contributed by atoms with Crippen LogP contribution in [0.3, 0.4) is 0 Å². The van der Waals surface area contributed by atoms with E-state index in [0.717, 1.165) is 12.3 Å². The van der Waals surface area contributed by atoms with Gasteiger partial charge in [0.15, 0.2) is 0 Å². The van der Waals surface area contributed by atoms with Crippen molar-refractivity contribution in [1.82, 2.24) is 0 Å². The highest BCUT2D eigenvalue weighted by Gasteiger charge is 2.19. The van der Waals surface area contributed by atoms with Crippen molar-refractivity contribution >= 4 is 0 Å². The van der Waals surface area contributed by atoms with Crippen molar-refractivity contribution in [3.05, 3.63) is 0 Å². The Kier molecular flexibility index (Phi) is 4.18. The molecule has 1 aliphatic rings. The molecule has 1 heteroatoms. The first-order valence-electron chi connectivity index (χ1n) is 4.99. The Bertz CT molecular complexity index is 169. The van der Waals surface area contributed by atoms with Gasteiger partial charge in [-0.05, 0) is 25.7 Å². The van der Waals surface area contributed by atoms with Crippen LogP contribution in [0.1, 0.15) is 45.4 Å². The van der Waals surface area contributed by atoms with Crippen molar-refractivity contribution in [3.8, 4) is 11.8 Å². The van der Waals surface area contributed by atoms with Gasteiger partial charge in [0.1, 0.15) is 0 Å². The van der Waals surface area contributed by atoms with Crippen LogP contribution in [0, 0.1) is 17.8 Å². The van der Waals surface area contributed by atoms with Gasteiger partial charge in [-0.1, -0.05) is 19.3 Å². The van der Waals surface area contributed by atoms with Crippen LogP contribution in [0.2, 0.25) is 0 Å². The third-order valence-electron chi connectivity index (χ3n) is 2.77. The van der Waals surface area contributed by atoms with E-state index in [1.807, 2.05) is 6.92 Å². The van der Waals surface area contributed by atoms with E-state index < -0.39 is 0 Å². The van der Waals surface area contributed by atoms with Gasteiger partial charge >= 0.3 is 0 Å². The van der Waals surface area contributed by atoms with Crippen LogP contribution < -0.4 is 5.73 Å². The maximum atomic E-state index is 6.03. The first kappa shape index (κ1) is 9.61. The van der Waals surface area contributed by atoms with Crippen molar-refractivity contribution in [2.75, 3.05) is 0 Å². The Hall–Kier alpha value is -0.480. The van der Waals surface area contributed by atoms with E-state index in [1.54, 1.807) is 0 Å². The third kappa shape index (κ3) is 2.87. The molecule has 1 aliphatic carbocycles. The highest BCUT2D eigenvalue weighted by Crippen LogP contribution is 2.26. The highest BCUT2D eigenvalue weighted by molar-refractivity contribution is 4.98. The average Bonchev–Trinajstić information content (AvgIpc) is 2.15. The maximum Gasteiger partial charge on any atom is 0.0243 e. The van der Waals surface area contributed by atoms with Gasteiger partial charge in [-0.2, -0.15) is 0 Å². The van der Waals surface area contributed by atoms with Gasteiger partial charge in [0.05, 0.1) is 0 Å². The van der Waals surface area contributed by atoms with Gasteiger partial charge in [0, 0.05) is 12.5 Å². The van der Waals surface area contributed by atoms with E-state index in [-0.39, 0.29) is 0 Å². The molecule has 0 aromatic heterocycles. The van der Waals surface area contributed by atoms with Crippen molar-refractivity contribution < 1.29 is 0 Å². The highest BCUT2D eigenvalue weighted by atomic mass is 14.6. The summed E-state index contributed by atoms with van der Waals surface area (Å²) in [6.45, 7) is 1.88. The van der Waals surface area contributed by atoms with Gasteiger partial charge in [0.25, 0.3) is 0 Å². The summed E-state index contributed by atoms with van der Waals surface area (Å²) in [5, 5.41) is 0. The molecule has 68 valence electrons. The molecule has 0 saturated heterocycles. The standard InChI is InChI=1S/C11H19N/c1-2-3-9-11(12)10-7-5-4-6-8-10/h10-11H,4-9,12H2,1H3. The van der Waals surface area contributed by atoms with Crippen LogP contribution in [-0.2, 0) is 0 Å². The Balaban J connectivity index is 2.27. The number of nitrogens with two attached hydrogens (primary N) is 1. The molecule has 0 spiro atoms.